The lowest BCUT2D eigenvalue weighted by atomic mass is 10.1. The van der Waals surface area contributed by atoms with Gasteiger partial charge in [0.05, 0.1) is 10.5 Å². The van der Waals surface area contributed by atoms with E-state index in [0.29, 0.717) is 22.4 Å². The van der Waals surface area contributed by atoms with E-state index in [1.807, 2.05) is 96.9 Å². The van der Waals surface area contributed by atoms with Gasteiger partial charge in [0.25, 0.3) is 0 Å². The maximum atomic E-state index is 6.32. The second-order valence-electron chi connectivity index (χ2n) is 6.84. The van der Waals surface area contributed by atoms with E-state index in [9.17, 15) is 0 Å². The number of nitrogens with zero attached hydrogens (tertiary/aromatic N) is 4. The molecule has 2 heterocycles. The molecule has 146 valence electrons. The zero-order valence-corrected chi connectivity index (χ0v) is 16.9. The number of halogens is 1. The largest absolute Gasteiger partial charge is 0.338 e. The Hall–Kier alpha value is -3.70. The summed E-state index contributed by atoms with van der Waals surface area (Å²) < 4.78 is 5.64. The smallest absolute Gasteiger partial charge is 0.233 e. The van der Waals surface area contributed by atoms with E-state index in [-0.39, 0.29) is 0 Å². The van der Waals surface area contributed by atoms with E-state index in [1.54, 1.807) is 0 Å². The second kappa shape index (κ2) is 7.61. The van der Waals surface area contributed by atoms with Crippen LogP contribution in [0.15, 0.2) is 89.5 Å². The van der Waals surface area contributed by atoms with Gasteiger partial charge in [0.15, 0.2) is 5.82 Å². The molecule has 0 spiro atoms. The molecule has 6 heteroatoms. The first kappa shape index (κ1) is 18.3. The Morgan fingerprint density at radius 1 is 0.833 bits per heavy atom. The van der Waals surface area contributed by atoms with Crippen LogP contribution in [-0.2, 0) is 0 Å². The number of benzene rings is 3. The van der Waals surface area contributed by atoms with Crippen LogP contribution in [0.5, 0.6) is 0 Å². The van der Waals surface area contributed by atoms with E-state index in [0.717, 1.165) is 27.8 Å². The molecule has 0 N–H and O–H groups in total. The highest BCUT2D eigenvalue weighted by Gasteiger charge is 2.18. The number of para-hydroxylation sites is 1. The standard InChI is InChI=1S/C24H17ClN4O/c1-29(22-15-21(28-30-22)17-11-5-7-13-19(17)25)24-18-12-6-8-14-20(18)26-23(27-24)16-9-3-2-4-10-16/h2-15H,1H3. The van der Waals surface area contributed by atoms with E-state index in [4.69, 9.17) is 26.1 Å². The van der Waals surface area contributed by atoms with Crippen LogP contribution < -0.4 is 4.90 Å². The average molecular weight is 413 g/mol. The SMILES string of the molecule is CN(c1cc(-c2ccccc2Cl)no1)c1nc(-c2ccccc2)nc2ccccc12. The number of rotatable bonds is 4. The van der Waals surface area contributed by atoms with E-state index < -0.39 is 0 Å². The zero-order chi connectivity index (χ0) is 20.5. The molecular weight excluding hydrogens is 396 g/mol. The molecule has 0 saturated carbocycles. The molecule has 0 unspecified atom stereocenters. The van der Waals surface area contributed by atoms with E-state index in [2.05, 4.69) is 5.16 Å². The highest BCUT2D eigenvalue weighted by Crippen LogP contribution is 2.34. The number of aromatic nitrogens is 3. The molecule has 3 aromatic carbocycles. The van der Waals surface area contributed by atoms with Crippen LogP contribution in [0, 0.1) is 0 Å². The van der Waals surface area contributed by atoms with E-state index >= 15 is 0 Å². The summed E-state index contributed by atoms with van der Waals surface area (Å²) in [6, 6.07) is 27.3. The first-order valence-electron chi connectivity index (χ1n) is 9.48. The molecule has 5 nitrogen and oxygen atoms in total. The first-order valence-corrected chi connectivity index (χ1v) is 9.86. The predicted octanol–water partition coefficient (Wildman–Crippen LogP) is 6.37. The van der Waals surface area contributed by atoms with Crippen LogP contribution in [0.4, 0.5) is 11.7 Å². The molecule has 5 rings (SSSR count). The summed E-state index contributed by atoms with van der Waals surface area (Å²) in [5, 5.41) is 5.76. The normalized spacial score (nSPS) is 11.0. The van der Waals surface area contributed by atoms with Gasteiger partial charge >= 0.3 is 0 Å². The summed E-state index contributed by atoms with van der Waals surface area (Å²) in [4.78, 5) is 11.5. The van der Waals surface area contributed by atoms with Gasteiger partial charge in [-0.05, 0) is 18.2 Å². The Morgan fingerprint density at radius 3 is 2.40 bits per heavy atom. The fourth-order valence-electron chi connectivity index (χ4n) is 3.36. The molecule has 2 aromatic heterocycles. The van der Waals surface area contributed by atoms with Gasteiger partial charge < -0.3 is 4.52 Å². The van der Waals surface area contributed by atoms with Crippen LogP contribution in [0.2, 0.25) is 5.02 Å². The summed E-state index contributed by atoms with van der Waals surface area (Å²) in [7, 11) is 1.90. The van der Waals surface area contributed by atoms with Gasteiger partial charge in [0.2, 0.25) is 5.88 Å². The summed E-state index contributed by atoms with van der Waals surface area (Å²) >= 11 is 6.32. The van der Waals surface area contributed by atoms with Gasteiger partial charge in [-0.25, -0.2) is 9.97 Å². The third-order valence-corrected chi connectivity index (χ3v) is 5.24. The highest BCUT2D eigenvalue weighted by atomic mass is 35.5. The number of hydrogen-bond donors (Lipinski definition) is 0. The van der Waals surface area contributed by atoms with Crippen LogP contribution in [-0.4, -0.2) is 22.2 Å². The Bertz CT molecular complexity index is 1330. The zero-order valence-electron chi connectivity index (χ0n) is 16.2. The molecule has 0 amide bonds. The third kappa shape index (κ3) is 3.29. The molecule has 5 aromatic rings. The third-order valence-electron chi connectivity index (χ3n) is 4.91. The monoisotopic (exact) mass is 412 g/mol. The Balaban J connectivity index is 1.61. The number of fused-ring (bicyclic) bond motifs is 1. The molecule has 0 atom stereocenters. The molecular formula is C24H17ClN4O. The van der Waals surface area contributed by atoms with Crippen LogP contribution in [0.3, 0.4) is 0 Å². The molecule has 0 saturated heterocycles. The second-order valence-corrected chi connectivity index (χ2v) is 7.25. The molecule has 0 fully saturated rings. The average Bonchev–Trinajstić information content (AvgIpc) is 3.29. The molecule has 0 bridgehead atoms. The van der Waals surface area contributed by atoms with Crippen molar-refractivity contribution in [1.29, 1.82) is 0 Å². The summed E-state index contributed by atoms with van der Waals surface area (Å²) in [6.45, 7) is 0. The van der Waals surface area contributed by atoms with Crippen molar-refractivity contribution >= 4 is 34.2 Å². The predicted molar refractivity (Wildman–Crippen MR) is 120 cm³/mol. The van der Waals surface area contributed by atoms with Crippen LogP contribution >= 0.6 is 11.6 Å². The molecule has 0 aliphatic carbocycles. The fraction of sp³-hybridized carbons (Fsp3) is 0.0417. The van der Waals surface area contributed by atoms with Gasteiger partial charge in [0.1, 0.15) is 11.5 Å². The van der Waals surface area contributed by atoms with Gasteiger partial charge in [-0.15, -0.1) is 0 Å². The lowest BCUT2D eigenvalue weighted by Crippen LogP contribution is -2.12. The van der Waals surface area contributed by atoms with Crippen molar-refractivity contribution in [3.8, 4) is 22.6 Å². The van der Waals surface area contributed by atoms with Crippen LogP contribution in [0.25, 0.3) is 33.5 Å². The van der Waals surface area contributed by atoms with Gasteiger partial charge in [-0.2, -0.15) is 0 Å². The lowest BCUT2D eigenvalue weighted by molar-refractivity contribution is 0.428. The maximum absolute atomic E-state index is 6.32. The lowest BCUT2D eigenvalue weighted by Gasteiger charge is -2.17. The molecule has 0 radical (unpaired) electrons. The minimum atomic E-state index is 0.563. The van der Waals surface area contributed by atoms with E-state index in [1.165, 1.54) is 0 Å². The molecule has 0 aliphatic rings. The van der Waals surface area contributed by atoms with Crippen molar-refractivity contribution in [3.05, 3.63) is 90.0 Å². The topological polar surface area (TPSA) is 55.1 Å². The van der Waals surface area contributed by atoms with Crippen molar-refractivity contribution < 1.29 is 4.52 Å². The first-order chi connectivity index (χ1) is 14.7. The van der Waals surface area contributed by atoms with Crippen molar-refractivity contribution in [2.45, 2.75) is 0 Å². The molecule has 0 aliphatic heterocycles. The van der Waals surface area contributed by atoms with Crippen molar-refractivity contribution in [1.82, 2.24) is 15.1 Å². The molecule has 30 heavy (non-hydrogen) atoms. The van der Waals surface area contributed by atoms with Crippen molar-refractivity contribution in [2.24, 2.45) is 0 Å². The highest BCUT2D eigenvalue weighted by molar-refractivity contribution is 6.33. The maximum Gasteiger partial charge on any atom is 0.233 e. The summed E-state index contributed by atoms with van der Waals surface area (Å²) in [5.74, 6) is 1.95. The minimum absolute atomic E-state index is 0.563. The fourth-order valence-corrected chi connectivity index (χ4v) is 3.59. The summed E-state index contributed by atoms with van der Waals surface area (Å²) in [5.41, 5.74) is 3.30. The minimum Gasteiger partial charge on any atom is -0.338 e. The quantitative estimate of drug-likeness (QED) is 0.343. The van der Waals surface area contributed by atoms with Crippen LogP contribution in [0.1, 0.15) is 0 Å². The Morgan fingerprint density at radius 2 is 1.57 bits per heavy atom. The van der Waals surface area contributed by atoms with Gasteiger partial charge in [0, 0.05) is 29.6 Å². The Kier molecular flexibility index (Phi) is 4.65. The summed E-state index contributed by atoms with van der Waals surface area (Å²) in [6.07, 6.45) is 0. The Labute approximate surface area is 178 Å². The number of hydrogen-bond acceptors (Lipinski definition) is 5. The van der Waals surface area contributed by atoms with Gasteiger partial charge in [-0.1, -0.05) is 77.4 Å². The number of anilines is 2. The van der Waals surface area contributed by atoms with Crippen molar-refractivity contribution in [2.75, 3.05) is 11.9 Å². The van der Waals surface area contributed by atoms with Crippen molar-refractivity contribution in [3.63, 3.8) is 0 Å². The van der Waals surface area contributed by atoms with Gasteiger partial charge in [-0.3, -0.25) is 4.90 Å².